The fourth-order valence-electron chi connectivity index (χ4n) is 3.22. The molecule has 0 aromatic rings. The molecule has 0 aromatic heterocycles. The number of nitrogens with zero attached hydrogens (tertiary/aromatic N) is 1. The molecule has 2 unspecified atom stereocenters. The van der Waals surface area contributed by atoms with Gasteiger partial charge in [-0.2, -0.15) is 0 Å². The molecule has 0 aromatic carbocycles. The zero-order valence-corrected chi connectivity index (χ0v) is 18.8. The summed E-state index contributed by atoms with van der Waals surface area (Å²) in [6.45, 7) is 9.64. The van der Waals surface area contributed by atoms with Crippen molar-refractivity contribution < 1.29 is 9.59 Å². The van der Waals surface area contributed by atoms with Gasteiger partial charge in [-0.15, -0.1) is 0 Å². The van der Waals surface area contributed by atoms with E-state index in [0.29, 0.717) is 12.8 Å². The van der Waals surface area contributed by atoms with Gasteiger partial charge in [0.1, 0.15) is 0 Å². The number of likely N-dealkylation sites (N-methyl/N-ethyl adjacent to an activating group) is 1. The van der Waals surface area contributed by atoms with Crippen LogP contribution >= 0.6 is 0 Å². The molecule has 0 saturated heterocycles. The smallest absolute Gasteiger partial charge is 0.220 e. The molecule has 0 aliphatic rings. The Bertz CT molecular complexity index is 432. The van der Waals surface area contributed by atoms with Crippen molar-refractivity contribution in [3.63, 3.8) is 0 Å². The number of carbonyl (C=O) groups is 2. The first-order chi connectivity index (χ1) is 13.4. The van der Waals surface area contributed by atoms with Gasteiger partial charge in [0.05, 0.1) is 0 Å². The number of hydrogen-bond acceptors (Lipinski definition) is 3. The average Bonchev–Trinajstić information content (AvgIpc) is 2.60. The van der Waals surface area contributed by atoms with Crippen LogP contribution in [0.2, 0.25) is 0 Å². The molecular formula is C23H43N3O2. The van der Waals surface area contributed by atoms with Crippen molar-refractivity contribution in [3.05, 3.63) is 24.3 Å². The van der Waals surface area contributed by atoms with Gasteiger partial charge in [-0.1, -0.05) is 24.3 Å². The summed E-state index contributed by atoms with van der Waals surface area (Å²) >= 11 is 0. The van der Waals surface area contributed by atoms with E-state index < -0.39 is 0 Å². The molecule has 0 radical (unpaired) electrons. The predicted octanol–water partition coefficient (Wildman–Crippen LogP) is 4.20. The average molecular weight is 394 g/mol. The molecular weight excluding hydrogens is 350 g/mol. The second-order valence-electron chi connectivity index (χ2n) is 7.79. The van der Waals surface area contributed by atoms with Crippen LogP contribution < -0.4 is 10.6 Å². The third kappa shape index (κ3) is 16.5. The van der Waals surface area contributed by atoms with Gasteiger partial charge in [0.2, 0.25) is 11.8 Å². The predicted molar refractivity (Wildman–Crippen MR) is 119 cm³/mol. The van der Waals surface area contributed by atoms with Crippen molar-refractivity contribution in [1.29, 1.82) is 0 Å². The Balaban J connectivity index is 3.90. The third-order valence-electron chi connectivity index (χ3n) is 4.51. The monoisotopic (exact) mass is 393 g/mol. The van der Waals surface area contributed by atoms with E-state index in [9.17, 15) is 9.59 Å². The van der Waals surface area contributed by atoms with E-state index in [0.717, 1.165) is 51.6 Å². The minimum absolute atomic E-state index is 0.0996. The van der Waals surface area contributed by atoms with E-state index >= 15 is 0 Å². The van der Waals surface area contributed by atoms with E-state index in [1.54, 1.807) is 0 Å². The van der Waals surface area contributed by atoms with Crippen molar-refractivity contribution in [2.24, 2.45) is 0 Å². The number of hydrogen-bond donors (Lipinski definition) is 2. The maximum atomic E-state index is 12.0. The second kappa shape index (κ2) is 17.5. The zero-order valence-electron chi connectivity index (χ0n) is 18.8. The zero-order chi connectivity index (χ0) is 21.2. The van der Waals surface area contributed by atoms with E-state index in [1.165, 1.54) is 0 Å². The van der Waals surface area contributed by atoms with Crippen molar-refractivity contribution in [2.45, 2.75) is 91.1 Å². The molecule has 0 spiro atoms. The first-order valence-corrected chi connectivity index (χ1v) is 10.9. The van der Waals surface area contributed by atoms with Gasteiger partial charge in [0.25, 0.3) is 0 Å². The maximum absolute atomic E-state index is 12.0. The first-order valence-electron chi connectivity index (χ1n) is 10.9. The topological polar surface area (TPSA) is 61.4 Å². The Labute approximate surface area is 173 Å². The summed E-state index contributed by atoms with van der Waals surface area (Å²) in [5.41, 5.74) is 0. The highest BCUT2D eigenvalue weighted by molar-refractivity contribution is 5.76. The van der Waals surface area contributed by atoms with Crippen molar-refractivity contribution >= 4 is 11.8 Å². The van der Waals surface area contributed by atoms with Gasteiger partial charge in [0.15, 0.2) is 0 Å². The Morgan fingerprint density at radius 2 is 1.18 bits per heavy atom. The van der Waals surface area contributed by atoms with Crippen LogP contribution in [0.1, 0.15) is 79.1 Å². The molecule has 0 rings (SSSR count). The van der Waals surface area contributed by atoms with Crippen molar-refractivity contribution in [1.82, 2.24) is 15.5 Å². The van der Waals surface area contributed by atoms with E-state index in [4.69, 9.17) is 0 Å². The van der Waals surface area contributed by atoms with Gasteiger partial charge in [-0.25, -0.2) is 0 Å². The molecule has 0 heterocycles. The van der Waals surface area contributed by atoms with Gasteiger partial charge < -0.3 is 15.5 Å². The highest BCUT2D eigenvalue weighted by Gasteiger charge is 2.13. The minimum atomic E-state index is 0.0996. The second-order valence-corrected chi connectivity index (χ2v) is 7.79. The molecule has 5 heteroatoms. The summed E-state index contributed by atoms with van der Waals surface area (Å²) < 4.78 is 0. The Hall–Kier alpha value is -1.62. The van der Waals surface area contributed by atoms with E-state index in [2.05, 4.69) is 27.7 Å². The lowest BCUT2D eigenvalue weighted by Gasteiger charge is -2.25. The first kappa shape index (κ1) is 26.4. The SMILES string of the molecule is C/C=C/CCCCC(=O)NC(C)CN(C)CC(C)NC(=O)CCCC/C=C/C. The fraction of sp³-hybridized carbons (Fsp3) is 0.739. The van der Waals surface area contributed by atoms with E-state index in [-0.39, 0.29) is 23.9 Å². The quantitative estimate of drug-likeness (QED) is 0.305. The lowest BCUT2D eigenvalue weighted by Crippen LogP contribution is -2.45. The standard InChI is InChI=1S/C23H43N3O2/c1-6-8-10-12-14-16-22(27)24-20(3)18-26(5)19-21(4)25-23(28)17-15-13-11-9-7-2/h6-9,20-21H,10-19H2,1-5H3,(H,24,27)(H,25,28)/b8-6+,9-7+. The molecule has 0 fully saturated rings. The number of nitrogens with one attached hydrogen (secondary N) is 2. The van der Waals surface area contributed by atoms with Crippen LogP contribution in [0.4, 0.5) is 0 Å². The molecule has 0 aliphatic heterocycles. The maximum Gasteiger partial charge on any atom is 0.220 e. The summed E-state index contributed by atoms with van der Waals surface area (Å²) in [5.74, 6) is 0.251. The molecule has 5 nitrogen and oxygen atoms in total. The normalized spacial score (nSPS) is 13.9. The molecule has 2 atom stereocenters. The summed E-state index contributed by atoms with van der Waals surface area (Å²) in [7, 11) is 2.03. The Morgan fingerprint density at radius 3 is 1.54 bits per heavy atom. The van der Waals surface area contributed by atoms with Gasteiger partial charge in [-0.3, -0.25) is 9.59 Å². The number of rotatable bonds is 16. The van der Waals surface area contributed by atoms with Crippen molar-refractivity contribution in [3.8, 4) is 0 Å². The van der Waals surface area contributed by atoms with Crippen LogP contribution in [-0.4, -0.2) is 48.9 Å². The summed E-state index contributed by atoms with van der Waals surface area (Å²) in [6, 6.07) is 0.199. The van der Waals surface area contributed by atoms with Crippen LogP contribution in [0.3, 0.4) is 0 Å². The number of allylic oxidation sites excluding steroid dienone is 4. The molecule has 162 valence electrons. The lowest BCUT2D eigenvalue weighted by atomic mass is 10.1. The summed E-state index contributed by atoms with van der Waals surface area (Å²) in [6.07, 6.45) is 15.6. The van der Waals surface area contributed by atoms with Crippen LogP contribution in [0.5, 0.6) is 0 Å². The number of unbranched alkanes of at least 4 members (excludes halogenated alkanes) is 4. The highest BCUT2D eigenvalue weighted by atomic mass is 16.2. The number of carbonyl (C=O) groups excluding carboxylic acids is 2. The van der Waals surface area contributed by atoms with Crippen molar-refractivity contribution in [2.75, 3.05) is 20.1 Å². The third-order valence-corrected chi connectivity index (χ3v) is 4.51. The number of amides is 2. The molecule has 2 N–H and O–H groups in total. The fourth-order valence-corrected chi connectivity index (χ4v) is 3.22. The summed E-state index contributed by atoms with van der Waals surface area (Å²) in [5, 5.41) is 6.14. The summed E-state index contributed by atoms with van der Waals surface area (Å²) in [4.78, 5) is 26.1. The van der Waals surface area contributed by atoms with Gasteiger partial charge in [0, 0.05) is 38.0 Å². The molecule has 28 heavy (non-hydrogen) atoms. The highest BCUT2D eigenvalue weighted by Crippen LogP contribution is 2.03. The minimum Gasteiger partial charge on any atom is -0.352 e. The lowest BCUT2D eigenvalue weighted by molar-refractivity contribution is -0.122. The largest absolute Gasteiger partial charge is 0.352 e. The van der Waals surface area contributed by atoms with Crippen LogP contribution in [0.25, 0.3) is 0 Å². The Kier molecular flexibility index (Phi) is 16.5. The Morgan fingerprint density at radius 1 is 0.786 bits per heavy atom. The molecule has 0 saturated carbocycles. The van der Waals surface area contributed by atoms with Gasteiger partial charge >= 0.3 is 0 Å². The van der Waals surface area contributed by atoms with Crippen LogP contribution in [-0.2, 0) is 9.59 Å². The molecule has 0 aliphatic carbocycles. The molecule has 0 bridgehead atoms. The van der Waals surface area contributed by atoms with E-state index in [1.807, 2.05) is 46.9 Å². The molecule has 2 amide bonds. The van der Waals surface area contributed by atoms with Crippen LogP contribution in [0, 0.1) is 0 Å². The van der Waals surface area contributed by atoms with Crippen LogP contribution in [0.15, 0.2) is 24.3 Å². The van der Waals surface area contributed by atoms with Gasteiger partial charge in [-0.05, 0) is 73.3 Å².